The summed E-state index contributed by atoms with van der Waals surface area (Å²) in [6, 6.07) is 6.21. The average molecular weight is 318 g/mol. The molecule has 0 fully saturated rings. The first-order chi connectivity index (χ1) is 8.58. The van der Waals surface area contributed by atoms with E-state index in [9.17, 15) is 0 Å². The van der Waals surface area contributed by atoms with Crippen LogP contribution in [0.25, 0.3) is 0 Å². The van der Waals surface area contributed by atoms with Crippen LogP contribution in [-0.2, 0) is 0 Å². The molecule has 0 aliphatic rings. The number of benzene rings is 1. The number of hydrogen-bond acceptors (Lipinski definition) is 2. The summed E-state index contributed by atoms with van der Waals surface area (Å²) in [7, 11) is 0. The molecule has 0 N–H and O–H groups in total. The Morgan fingerprint density at radius 1 is 0.842 bits per heavy atom. The minimum atomic E-state index is -0.0467. The Kier molecular flexibility index (Phi) is 5.15. The van der Waals surface area contributed by atoms with E-state index in [0.717, 1.165) is 15.5 Å². The molecule has 1 aromatic rings. The molecule has 0 atom stereocenters. The predicted molar refractivity (Wildman–Crippen MR) is 86.5 cm³/mol. The fraction of sp³-hybridized carbons (Fsp3) is 0.500. The monoisotopic (exact) mass is 318 g/mol. The summed E-state index contributed by atoms with van der Waals surface area (Å²) in [4.78, 5) is 9.12. The van der Waals surface area contributed by atoms with Gasteiger partial charge in [-0.05, 0) is 0 Å². The molecule has 0 aliphatic carbocycles. The Morgan fingerprint density at radius 2 is 1.21 bits per heavy atom. The van der Waals surface area contributed by atoms with Crippen LogP contribution in [0.3, 0.4) is 0 Å². The summed E-state index contributed by atoms with van der Waals surface area (Å²) in [6.45, 7) is 12.6. The molecule has 0 aliphatic heterocycles. The molecule has 102 valence electrons. The second-order valence-corrected chi connectivity index (χ2v) is 7.58. The first-order valence-electron chi connectivity index (χ1n) is 6.51. The Balaban J connectivity index is 3.06. The SMILES string of the molecule is CC(C)(C)N=Cc1cccc(C=NC(C)(C)C)c1[As]. The molecule has 1 aromatic carbocycles. The van der Waals surface area contributed by atoms with E-state index in [1.807, 2.05) is 18.5 Å². The molecule has 2 nitrogen and oxygen atoms in total. The molecule has 1 rings (SSSR count). The second kappa shape index (κ2) is 6.05. The van der Waals surface area contributed by atoms with Crippen molar-refractivity contribution in [3.05, 3.63) is 29.3 Å². The predicted octanol–water partition coefficient (Wildman–Crippen LogP) is 2.92. The van der Waals surface area contributed by atoms with Gasteiger partial charge in [0.2, 0.25) is 0 Å². The van der Waals surface area contributed by atoms with E-state index in [4.69, 9.17) is 0 Å². The van der Waals surface area contributed by atoms with Gasteiger partial charge >= 0.3 is 126 Å². The molecule has 3 heteroatoms. The van der Waals surface area contributed by atoms with Crippen molar-refractivity contribution < 1.29 is 0 Å². The van der Waals surface area contributed by atoms with Gasteiger partial charge in [-0.1, -0.05) is 0 Å². The molecule has 0 aromatic heterocycles. The van der Waals surface area contributed by atoms with Crippen molar-refractivity contribution in [3.63, 3.8) is 0 Å². The third kappa shape index (κ3) is 6.20. The molecule has 0 saturated carbocycles. The first-order valence-corrected chi connectivity index (χ1v) is 7.45. The van der Waals surface area contributed by atoms with E-state index < -0.39 is 0 Å². The zero-order valence-corrected chi connectivity index (χ0v) is 14.6. The Hall–Kier alpha value is -0.882. The van der Waals surface area contributed by atoms with E-state index in [-0.39, 0.29) is 11.1 Å². The van der Waals surface area contributed by atoms with Gasteiger partial charge in [0.15, 0.2) is 0 Å². The summed E-state index contributed by atoms with van der Waals surface area (Å²) in [5, 5.41) is 0. The van der Waals surface area contributed by atoms with E-state index >= 15 is 0 Å². The van der Waals surface area contributed by atoms with Crippen LogP contribution in [0, 0.1) is 0 Å². The van der Waals surface area contributed by atoms with Gasteiger partial charge in [0.1, 0.15) is 0 Å². The molecular formula is C16H23AsN2. The summed E-state index contributed by atoms with van der Waals surface area (Å²) in [6.07, 6.45) is 3.89. The molecular weight excluding hydrogens is 295 g/mol. The zero-order valence-electron chi connectivity index (χ0n) is 12.7. The van der Waals surface area contributed by atoms with Crippen molar-refractivity contribution in [3.8, 4) is 0 Å². The van der Waals surface area contributed by atoms with Crippen molar-refractivity contribution in [2.24, 2.45) is 9.98 Å². The second-order valence-electron chi connectivity index (χ2n) is 6.64. The van der Waals surface area contributed by atoms with Crippen molar-refractivity contribution in [1.82, 2.24) is 0 Å². The molecule has 0 heterocycles. The van der Waals surface area contributed by atoms with Gasteiger partial charge in [-0.2, -0.15) is 0 Å². The standard InChI is InChI=1S/C16H23AsN2/c1-15(2,3)18-10-12-8-7-9-13(14(12)17)11-19-16(4,5)6/h7-11H,1-6H3. The summed E-state index contributed by atoms with van der Waals surface area (Å²) in [5.74, 6) is 0. The normalized spacial score (nSPS) is 13.6. The molecule has 0 bridgehead atoms. The third-order valence-corrected chi connectivity index (χ3v) is 3.36. The van der Waals surface area contributed by atoms with Gasteiger partial charge in [0.25, 0.3) is 0 Å². The van der Waals surface area contributed by atoms with Crippen LogP contribution in [0.2, 0.25) is 0 Å². The topological polar surface area (TPSA) is 24.7 Å². The van der Waals surface area contributed by atoms with Crippen LogP contribution in [0.15, 0.2) is 28.2 Å². The summed E-state index contributed by atoms with van der Waals surface area (Å²) in [5.41, 5.74) is 2.17. The number of aliphatic imine (C=N–C) groups is 2. The van der Waals surface area contributed by atoms with Crippen LogP contribution in [0.5, 0.6) is 0 Å². The average Bonchev–Trinajstić information content (AvgIpc) is 2.23. The molecule has 2 radical (unpaired) electrons. The first kappa shape index (κ1) is 16.2. The molecule has 0 unspecified atom stereocenters. The van der Waals surface area contributed by atoms with Gasteiger partial charge in [0.05, 0.1) is 0 Å². The summed E-state index contributed by atoms with van der Waals surface area (Å²) < 4.78 is 1.16. The maximum absolute atomic E-state index is 4.56. The van der Waals surface area contributed by atoms with Crippen molar-refractivity contribution in [2.45, 2.75) is 52.6 Å². The number of hydrogen-bond donors (Lipinski definition) is 0. The van der Waals surface area contributed by atoms with Crippen LogP contribution in [0.4, 0.5) is 0 Å². The van der Waals surface area contributed by atoms with Crippen LogP contribution >= 0.6 is 0 Å². The zero-order chi connectivity index (χ0) is 14.7. The van der Waals surface area contributed by atoms with E-state index in [2.05, 4.69) is 80.5 Å². The number of rotatable bonds is 2. The minimum absolute atomic E-state index is 0.0467. The molecule has 0 amide bonds. The van der Waals surface area contributed by atoms with Crippen LogP contribution in [0.1, 0.15) is 52.7 Å². The van der Waals surface area contributed by atoms with Crippen LogP contribution in [-0.4, -0.2) is 40.4 Å². The fourth-order valence-electron chi connectivity index (χ4n) is 1.31. The fourth-order valence-corrected chi connectivity index (χ4v) is 1.87. The molecule has 19 heavy (non-hydrogen) atoms. The van der Waals surface area contributed by atoms with Gasteiger partial charge in [-0.25, -0.2) is 0 Å². The quantitative estimate of drug-likeness (QED) is 0.592. The van der Waals surface area contributed by atoms with Gasteiger partial charge in [-0.3, -0.25) is 0 Å². The van der Waals surface area contributed by atoms with Crippen molar-refractivity contribution in [1.29, 1.82) is 0 Å². The Labute approximate surface area is 125 Å². The Bertz CT molecular complexity index is 446. The van der Waals surface area contributed by atoms with Crippen molar-refractivity contribution in [2.75, 3.05) is 0 Å². The van der Waals surface area contributed by atoms with Crippen molar-refractivity contribution >= 4 is 33.6 Å². The third-order valence-electron chi connectivity index (χ3n) is 2.28. The van der Waals surface area contributed by atoms with Gasteiger partial charge < -0.3 is 0 Å². The maximum atomic E-state index is 4.56. The van der Waals surface area contributed by atoms with Gasteiger partial charge in [-0.15, -0.1) is 0 Å². The van der Waals surface area contributed by atoms with E-state index in [0.29, 0.717) is 0 Å². The van der Waals surface area contributed by atoms with Gasteiger partial charge in [0, 0.05) is 0 Å². The van der Waals surface area contributed by atoms with E-state index in [1.54, 1.807) is 0 Å². The summed E-state index contributed by atoms with van der Waals surface area (Å²) >= 11 is 2.62. The van der Waals surface area contributed by atoms with E-state index in [1.165, 1.54) is 0 Å². The Morgan fingerprint density at radius 3 is 1.53 bits per heavy atom. The number of nitrogens with zero attached hydrogens (tertiary/aromatic N) is 2. The van der Waals surface area contributed by atoms with Crippen LogP contribution < -0.4 is 4.35 Å². The molecule has 0 saturated heterocycles. The molecule has 0 spiro atoms.